The van der Waals surface area contributed by atoms with E-state index in [1.807, 2.05) is 0 Å². The van der Waals surface area contributed by atoms with E-state index in [9.17, 15) is 4.79 Å². The molecule has 0 bridgehead atoms. The minimum atomic E-state index is -0.713. The third kappa shape index (κ3) is 3.01. The molecule has 0 aromatic carbocycles. The molecular formula is C6H12NNaO2. The Labute approximate surface area is 84.0 Å². The molecular weight excluding hydrogens is 141 g/mol. The van der Waals surface area contributed by atoms with Gasteiger partial charge in [-0.3, -0.25) is 4.79 Å². The summed E-state index contributed by atoms with van der Waals surface area (Å²) >= 11 is 0. The number of aliphatic carboxylic acids is 1. The average molecular weight is 153 g/mol. The quantitative estimate of drug-likeness (QED) is 0.404. The van der Waals surface area contributed by atoms with Crippen LogP contribution < -0.4 is 34.9 Å². The number of carboxylic acids is 1. The first kappa shape index (κ1) is 10.4. The maximum atomic E-state index is 10.3. The van der Waals surface area contributed by atoms with Crippen molar-refractivity contribution in [3.05, 3.63) is 0 Å². The van der Waals surface area contributed by atoms with Crippen LogP contribution in [0.2, 0.25) is 0 Å². The summed E-state index contributed by atoms with van der Waals surface area (Å²) in [6.07, 6.45) is 2.95. The van der Waals surface area contributed by atoms with E-state index in [0.717, 1.165) is 25.8 Å². The van der Waals surface area contributed by atoms with Crippen molar-refractivity contribution >= 4 is 5.97 Å². The van der Waals surface area contributed by atoms with Crippen LogP contribution in [-0.4, -0.2) is 23.7 Å². The third-order valence-corrected chi connectivity index (χ3v) is 1.61. The minimum absolute atomic E-state index is 0. The molecule has 0 aliphatic carbocycles. The van der Waals surface area contributed by atoms with Gasteiger partial charge in [0.2, 0.25) is 0 Å². The van der Waals surface area contributed by atoms with Gasteiger partial charge in [0.15, 0.2) is 0 Å². The summed E-state index contributed by atoms with van der Waals surface area (Å²) in [7, 11) is 0. The fourth-order valence-electron chi connectivity index (χ4n) is 1.06. The standard InChI is InChI=1S/C6H11NO2.Na.H/c8-6(9)5-3-1-2-4-7-5;;/h5,7H,1-4H2,(H,8,9);;/q;+1;-1. The summed E-state index contributed by atoms with van der Waals surface area (Å²) in [4.78, 5) is 10.3. The van der Waals surface area contributed by atoms with Crippen molar-refractivity contribution in [2.24, 2.45) is 0 Å². The number of hydrogen-bond donors (Lipinski definition) is 2. The van der Waals surface area contributed by atoms with Crippen LogP contribution in [0.4, 0.5) is 0 Å². The SMILES string of the molecule is O=C(O)C1CCCCN1.[H-].[Na+]. The zero-order valence-electron chi connectivity index (χ0n) is 7.26. The van der Waals surface area contributed by atoms with Gasteiger partial charge in [0.25, 0.3) is 0 Å². The molecule has 0 spiro atoms. The Balaban J connectivity index is 0. The monoisotopic (exact) mass is 153 g/mol. The number of carboxylic acid groups (broad SMARTS) is 1. The molecule has 10 heavy (non-hydrogen) atoms. The predicted octanol–water partition coefficient (Wildman–Crippen LogP) is -2.67. The summed E-state index contributed by atoms with van der Waals surface area (Å²) < 4.78 is 0. The van der Waals surface area contributed by atoms with Gasteiger partial charge >= 0.3 is 35.5 Å². The van der Waals surface area contributed by atoms with Crippen molar-refractivity contribution in [2.75, 3.05) is 6.54 Å². The van der Waals surface area contributed by atoms with Gasteiger partial charge < -0.3 is 11.8 Å². The van der Waals surface area contributed by atoms with Gasteiger partial charge in [-0.1, -0.05) is 6.42 Å². The Kier molecular flexibility index (Phi) is 5.35. The fourth-order valence-corrected chi connectivity index (χ4v) is 1.06. The van der Waals surface area contributed by atoms with Crippen LogP contribution in [0.25, 0.3) is 0 Å². The predicted molar refractivity (Wildman–Crippen MR) is 34.4 cm³/mol. The topological polar surface area (TPSA) is 49.3 Å². The smallest absolute Gasteiger partial charge is 1.00 e. The minimum Gasteiger partial charge on any atom is -1.00 e. The number of piperidine rings is 1. The summed E-state index contributed by atoms with van der Waals surface area (Å²) in [6, 6.07) is -0.279. The second kappa shape index (κ2) is 5.13. The first-order valence-electron chi connectivity index (χ1n) is 3.27. The van der Waals surface area contributed by atoms with Gasteiger partial charge in [-0.05, 0) is 19.4 Å². The van der Waals surface area contributed by atoms with E-state index in [1.54, 1.807) is 0 Å². The fraction of sp³-hybridized carbons (Fsp3) is 0.833. The average Bonchev–Trinajstić information content (AvgIpc) is 1.90. The molecule has 1 heterocycles. The van der Waals surface area contributed by atoms with Crippen LogP contribution in [0.15, 0.2) is 0 Å². The Morgan fingerprint density at radius 2 is 2.30 bits per heavy atom. The molecule has 1 aliphatic heterocycles. The molecule has 2 N–H and O–H groups in total. The Morgan fingerprint density at radius 3 is 2.60 bits per heavy atom. The zero-order chi connectivity index (χ0) is 6.69. The second-order valence-electron chi connectivity index (χ2n) is 2.34. The van der Waals surface area contributed by atoms with Gasteiger partial charge in [0.1, 0.15) is 6.04 Å². The maximum absolute atomic E-state index is 10.3. The van der Waals surface area contributed by atoms with Crippen LogP contribution in [-0.2, 0) is 4.79 Å². The van der Waals surface area contributed by atoms with E-state index in [0.29, 0.717) is 0 Å². The Bertz CT molecular complexity index is 117. The van der Waals surface area contributed by atoms with Crippen LogP contribution >= 0.6 is 0 Å². The van der Waals surface area contributed by atoms with Crippen LogP contribution in [0.3, 0.4) is 0 Å². The molecule has 1 aliphatic rings. The molecule has 1 atom stereocenters. The summed E-state index contributed by atoms with van der Waals surface area (Å²) in [5, 5.41) is 11.4. The van der Waals surface area contributed by atoms with Crippen molar-refractivity contribution in [3.63, 3.8) is 0 Å². The molecule has 1 rings (SSSR count). The Morgan fingerprint density at radius 1 is 1.60 bits per heavy atom. The number of rotatable bonds is 1. The molecule has 4 heteroatoms. The van der Waals surface area contributed by atoms with E-state index < -0.39 is 5.97 Å². The van der Waals surface area contributed by atoms with E-state index in [2.05, 4.69) is 5.32 Å². The van der Waals surface area contributed by atoms with E-state index in [1.165, 1.54) is 0 Å². The van der Waals surface area contributed by atoms with Crippen LogP contribution in [0.1, 0.15) is 20.7 Å². The summed E-state index contributed by atoms with van der Waals surface area (Å²) in [6.45, 7) is 0.858. The van der Waals surface area contributed by atoms with Crippen molar-refractivity contribution in [3.8, 4) is 0 Å². The largest absolute Gasteiger partial charge is 1.00 e. The van der Waals surface area contributed by atoms with Crippen molar-refractivity contribution in [1.82, 2.24) is 5.32 Å². The molecule has 1 unspecified atom stereocenters. The molecule has 1 fully saturated rings. The van der Waals surface area contributed by atoms with Gasteiger partial charge in [0, 0.05) is 0 Å². The van der Waals surface area contributed by atoms with E-state index >= 15 is 0 Å². The van der Waals surface area contributed by atoms with Gasteiger partial charge in [-0.15, -0.1) is 0 Å². The molecule has 0 aromatic rings. The summed E-state index contributed by atoms with van der Waals surface area (Å²) in [5.41, 5.74) is 0. The zero-order valence-corrected chi connectivity index (χ0v) is 8.26. The summed E-state index contributed by atoms with van der Waals surface area (Å²) in [5.74, 6) is -0.713. The van der Waals surface area contributed by atoms with Crippen molar-refractivity contribution < 1.29 is 40.9 Å². The van der Waals surface area contributed by atoms with Crippen molar-refractivity contribution in [2.45, 2.75) is 25.3 Å². The van der Waals surface area contributed by atoms with Gasteiger partial charge in [-0.25, -0.2) is 0 Å². The second-order valence-corrected chi connectivity index (χ2v) is 2.34. The van der Waals surface area contributed by atoms with Crippen LogP contribution in [0, 0.1) is 0 Å². The first-order valence-corrected chi connectivity index (χ1v) is 3.27. The normalized spacial score (nSPS) is 25.0. The number of hydrogen-bond acceptors (Lipinski definition) is 2. The van der Waals surface area contributed by atoms with Gasteiger partial charge in [-0.2, -0.15) is 0 Å². The molecule has 54 valence electrons. The molecule has 0 aromatic heterocycles. The number of carbonyl (C=O) groups is 1. The molecule has 0 amide bonds. The molecule has 0 saturated carbocycles. The van der Waals surface area contributed by atoms with Crippen molar-refractivity contribution in [1.29, 1.82) is 0 Å². The Hall–Kier alpha value is 0.430. The van der Waals surface area contributed by atoms with Gasteiger partial charge in [0.05, 0.1) is 0 Å². The third-order valence-electron chi connectivity index (χ3n) is 1.61. The number of nitrogens with one attached hydrogen (secondary N) is 1. The first-order chi connectivity index (χ1) is 4.30. The molecule has 0 radical (unpaired) electrons. The van der Waals surface area contributed by atoms with E-state index in [-0.39, 0.29) is 37.0 Å². The van der Waals surface area contributed by atoms with Crippen LogP contribution in [0.5, 0.6) is 0 Å². The molecule has 3 nitrogen and oxygen atoms in total. The molecule has 1 saturated heterocycles. The maximum Gasteiger partial charge on any atom is 1.00 e. The van der Waals surface area contributed by atoms with E-state index in [4.69, 9.17) is 5.11 Å².